The number of aliphatic hydroxyl groups is 1. The van der Waals surface area contributed by atoms with E-state index in [1.54, 1.807) is 23.1 Å². The van der Waals surface area contributed by atoms with Crippen molar-refractivity contribution < 1.29 is 19.0 Å². The van der Waals surface area contributed by atoms with E-state index in [-0.39, 0.29) is 11.7 Å². The predicted molar refractivity (Wildman–Crippen MR) is 90.7 cm³/mol. The van der Waals surface area contributed by atoms with Crippen LogP contribution >= 0.6 is 0 Å². The van der Waals surface area contributed by atoms with Crippen molar-refractivity contribution in [2.45, 2.75) is 30.3 Å². The summed E-state index contributed by atoms with van der Waals surface area (Å²) in [7, 11) is 0. The second-order valence-electron chi connectivity index (χ2n) is 7.65. The Labute approximate surface area is 147 Å². The highest BCUT2D eigenvalue weighted by Gasteiger charge is 2.56. The molecule has 4 rings (SSSR count). The molecule has 1 atom stereocenters. The van der Waals surface area contributed by atoms with Crippen molar-refractivity contribution in [1.29, 1.82) is 0 Å². The summed E-state index contributed by atoms with van der Waals surface area (Å²) >= 11 is 0. The summed E-state index contributed by atoms with van der Waals surface area (Å²) in [6, 6.07) is 6.57. The minimum absolute atomic E-state index is 0.0319. The summed E-state index contributed by atoms with van der Waals surface area (Å²) < 4.78 is 19.5. The largest absolute Gasteiger partial charge is 0.387 e. The lowest BCUT2D eigenvalue weighted by molar-refractivity contribution is -0.134. The van der Waals surface area contributed by atoms with E-state index in [9.17, 15) is 14.3 Å². The molecule has 3 aliphatic rings. The van der Waals surface area contributed by atoms with E-state index in [1.807, 2.05) is 0 Å². The van der Waals surface area contributed by atoms with Gasteiger partial charge in [0, 0.05) is 31.7 Å². The Bertz CT molecular complexity index is 658. The molecule has 0 bridgehead atoms. The van der Waals surface area contributed by atoms with E-state index in [0.29, 0.717) is 57.7 Å². The summed E-state index contributed by atoms with van der Waals surface area (Å²) in [6.07, 6.45) is 1.94. The SMILES string of the molecule is O=C(N1CC[C@@](O)(CN2CCOCC2)C1)C1(c2ccccc2F)CC1. The molecule has 1 aromatic rings. The first kappa shape index (κ1) is 16.9. The van der Waals surface area contributed by atoms with Gasteiger partial charge in [-0.1, -0.05) is 18.2 Å². The highest BCUT2D eigenvalue weighted by Crippen LogP contribution is 2.51. The number of nitrogens with zero attached hydrogens (tertiary/aromatic N) is 2. The number of rotatable bonds is 4. The third-order valence-electron chi connectivity index (χ3n) is 5.79. The van der Waals surface area contributed by atoms with Gasteiger partial charge in [0.1, 0.15) is 5.82 Å². The number of hydrogen-bond donors (Lipinski definition) is 1. The van der Waals surface area contributed by atoms with Crippen LogP contribution in [0.3, 0.4) is 0 Å². The van der Waals surface area contributed by atoms with Gasteiger partial charge in [-0.2, -0.15) is 0 Å². The third kappa shape index (κ3) is 3.18. The average Bonchev–Trinajstić information content (AvgIpc) is 3.33. The van der Waals surface area contributed by atoms with E-state index in [4.69, 9.17) is 4.74 Å². The van der Waals surface area contributed by atoms with Crippen LogP contribution in [0.1, 0.15) is 24.8 Å². The summed E-state index contributed by atoms with van der Waals surface area (Å²) in [5.41, 5.74) is -1.09. The average molecular weight is 348 g/mol. The Balaban J connectivity index is 1.44. The molecule has 6 heteroatoms. The Kier molecular flexibility index (Phi) is 4.30. The van der Waals surface area contributed by atoms with E-state index >= 15 is 0 Å². The quantitative estimate of drug-likeness (QED) is 0.887. The Hall–Kier alpha value is -1.50. The Morgan fingerprint density at radius 3 is 2.56 bits per heavy atom. The highest BCUT2D eigenvalue weighted by molar-refractivity contribution is 5.91. The normalized spacial score (nSPS) is 29.0. The zero-order valence-corrected chi connectivity index (χ0v) is 14.4. The Morgan fingerprint density at radius 2 is 1.88 bits per heavy atom. The number of amides is 1. The van der Waals surface area contributed by atoms with Crippen LogP contribution < -0.4 is 0 Å². The third-order valence-corrected chi connectivity index (χ3v) is 5.79. The molecule has 1 aliphatic carbocycles. The van der Waals surface area contributed by atoms with Gasteiger partial charge in [-0.05, 0) is 25.3 Å². The lowest BCUT2D eigenvalue weighted by Gasteiger charge is -2.34. The molecule has 1 amide bonds. The summed E-state index contributed by atoms with van der Waals surface area (Å²) in [5, 5.41) is 10.9. The van der Waals surface area contributed by atoms with Crippen LogP contribution in [0, 0.1) is 5.82 Å². The summed E-state index contributed by atoms with van der Waals surface area (Å²) in [6.45, 7) is 4.44. The standard InChI is InChI=1S/C19H25FN2O3/c20-16-4-2-1-3-15(16)19(5-6-19)17(23)22-8-7-18(24,14-22)13-21-9-11-25-12-10-21/h1-4,24H,5-14H2/t18-/m1/s1. The van der Waals surface area contributed by atoms with Crippen LogP contribution in [0.2, 0.25) is 0 Å². The first-order valence-corrected chi connectivity index (χ1v) is 9.09. The summed E-state index contributed by atoms with van der Waals surface area (Å²) in [4.78, 5) is 17.0. The molecule has 136 valence electrons. The van der Waals surface area contributed by atoms with E-state index in [1.165, 1.54) is 6.07 Å². The lowest BCUT2D eigenvalue weighted by Crippen LogP contribution is -2.50. The van der Waals surface area contributed by atoms with Gasteiger partial charge >= 0.3 is 0 Å². The topological polar surface area (TPSA) is 53.0 Å². The van der Waals surface area contributed by atoms with Gasteiger partial charge in [-0.15, -0.1) is 0 Å². The van der Waals surface area contributed by atoms with Gasteiger partial charge in [0.05, 0.1) is 30.8 Å². The number of halogens is 1. The first-order chi connectivity index (χ1) is 12.0. The monoisotopic (exact) mass is 348 g/mol. The molecule has 5 nitrogen and oxygen atoms in total. The van der Waals surface area contributed by atoms with Crippen LogP contribution in [-0.4, -0.2) is 72.4 Å². The van der Waals surface area contributed by atoms with Crippen LogP contribution in [0.5, 0.6) is 0 Å². The zero-order valence-electron chi connectivity index (χ0n) is 14.4. The number of morpholine rings is 1. The molecule has 2 aliphatic heterocycles. The van der Waals surface area contributed by atoms with Crippen molar-refractivity contribution in [3.63, 3.8) is 0 Å². The van der Waals surface area contributed by atoms with Crippen molar-refractivity contribution >= 4 is 5.91 Å². The molecule has 0 unspecified atom stereocenters. The second-order valence-corrected chi connectivity index (χ2v) is 7.65. The van der Waals surface area contributed by atoms with Gasteiger partial charge < -0.3 is 14.7 Å². The minimum Gasteiger partial charge on any atom is -0.387 e. The number of β-amino-alcohol motifs (C(OH)–C–C–N with tert-alkyl or cyclic N) is 1. The van der Waals surface area contributed by atoms with Gasteiger partial charge in [-0.3, -0.25) is 9.69 Å². The van der Waals surface area contributed by atoms with Crippen LogP contribution in [0.4, 0.5) is 4.39 Å². The lowest BCUT2D eigenvalue weighted by atomic mass is 9.93. The van der Waals surface area contributed by atoms with Crippen LogP contribution in [0.15, 0.2) is 24.3 Å². The molecule has 0 aromatic heterocycles. The van der Waals surface area contributed by atoms with Crippen molar-refractivity contribution in [3.05, 3.63) is 35.6 Å². The zero-order chi connectivity index (χ0) is 17.5. The molecule has 25 heavy (non-hydrogen) atoms. The minimum atomic E-state index is -0.877. The fraction of sp³-hybridized carbons (Fsp3) is 0.632. The molecule has 1 N–H and O–H groups in total. The molecule has 2 heterocycles. The van der Waals surface area contributed by atoms with Crippen LogP contribution in [0.25, 0.3) is 0 Å². The molecular weight excluding hydrogens is 323 g/mol. The van der Waals surface area contributed by atoms with Gasteiger partial charge in [0.25, 0.3) is 0 Å². The fourth-order valence-electron chi connectivity index (χ4n) is 4.21. The van der Waals surface area contributed by atoms with Crippen LogP contribution in [-0.2, 0) is 14.9 Å². The molecule has 0 spiro atoms. The molecule has 1 aromatic carbocycles. The Morgan fingerprint density at radius 1 is 1.16 bits per heavy atom. The molecule has 0 radical (unpaired) electrons. The number of hydrogen-bond acceptors (Lipinski definition) is 4. The molecule has 3 fully saturated rings. The maximum absolute atomic E-state index is 14.2. The van der Waals surface area contributed by atoms with E-state index < -0.39 is 11.0 Å². The smallest absolute Gasteiger partial charge is 0.233 e. The van der Waals surface area contributed by atoms with Crippen molar-refractivity contribution in [2.24, 2.45) is 0 Å². The molecule has 1 saturated carbocycles. The molecular formula is C19H25FN2O3. The predicted octanol–water partition coefficient (Wildman–Crippen LogP) is 1.15. The van der Waals surface area contributed by atoms with Gasteiger partial charge in [0.2, 0.25) is 5.91 Å². The van der Waals surface area contributed by atoms with E-state index in [0.717, 1.165) is 13.1 Å². The van der Waals surface area contributed by atoms with E-state index in [2.05, 4.69) is 4.90 Å². The maximum Gasteiger partial charge on any atom is 0.233 e. The number of likely N-dealkylation sites (tertiary alicyclic amines) is 1. The summed E-state index contributed by atoms with van der Waals surface area (Å²) in [5.74, 6) is -0.341. The molecule has 2 saturated heterocycles. The number of benzene rings is 1. The maximum atomic E-state index is 14.2. The van der Waals surface area contributed by atoms with Crippen molar-refractivity contribution in [3.8, 4) is 0 Å². The van der Waals surface area contributed by atoms with Crippen molar-refractivity contribution in [2.75, 3.05) is 45.9 Å². The number of carbonyl (C=O) groups excluding carboxylic acids is 1. The van der Waals surface area contributed by atoms with Gasteiger partial charge in [-0.25, -0.2) is 4.39 Å². The second kappa shape index (κ2) is 6.34. The highest BCUT2D eigenvalue weighted by atomic mass is 19.1. The van der Waals surface area contributed by atoms with Crippen molar-refractivity contribution in [1.82, 2.24) is 9.80 Å². The first-order valence-electron chi connectivity index (χ1n) is 9.09. The fourth-order valence-corrected chi connectivity index (χ4v) is 4.21. The van der Waals surface area contributed by atoms with Gasteiger partial charge in [0.15, 0.2) is 0 Å². The number of ether oxygens (including phenoxy) is 1. The number of carbonyl (C=O) groups is 1.